The Morgan fingerprint density at radius 3 is 2.58 bits per heavy atom. The van der Waals surface area contributed by atoms with Crippen LogP contribution in [-0.4, -0.2) is 5.11 Å². The Bertz CT molecular complexity index is 601. The minimum atomic E-state index is -0.408. The lowest BCUT2D eigenvalue weighted by molar-refractivity contribution is 0.467. The molecular weight excluding hydrogens is 309 g/mol. The van der Waals surface area contributed by atoms with Gasteiger partial charge in [0.2, 0.25) is 0 Å². The van der Waals surface area contributed by atoms with Gasteiger partial charge in [-0.1, -0.05) is 22.0 Å². The van der Waals surface area contributed by atoms with Crippen molar-refractivity contribution in [2.45, 2.75) is 19.9 Å². The maximum absolute atomic E-state index is 13.8. The standard InChI is InChI=1S/C15H15BrFNO/c1-9-7-11(16)3-6-15(9)18-10(2)13-5-4-12(19)8-14(13)17/h3-8,10,18-19H,1-2H3. The van der Waals surface area contributed by atoms with E-state index in [0.717, 1.165) is 21.8 Å². The first kappa shape index (κ1) is 13.9. The predicted octanol–water partition coefficient (Wildman–Crippen LogP) is 4.78. The normalized spacial score (nSPS) is 12.2. The molecule has 0 radical (unpaired) electrons. The maximum atomic E-state index is 13.8. The molecule has 2 nitrogen and oxygen atoms in total. The lowest BCUT2D eigenvalue weighted by atomic mass is 10.1. The number of benzene rings is 2. The summed E-state index contributed by atoms with van der Waals surface area (Å²) in [6, 6.07) is 9.93. The van der Waals surface area contributed by atoms with Gasteiger partial charge in [-0.25, -0.2) is 4.39 Å². The molecule has 0 spiro atoms. The van der Waals surface area contributed by atoms with Gasteiger partial charge < -0.3 is 10.4 Å². The third kappa shape index (κ3) is 3.26. The molecule has 1 unspecified atom stereocenters. The van der Waals surface area contributed by atoms with Crippen LogP contribution >= 0.6 is 15.9 Å². The highest BCUT2D eigenvalue weighted by atomic mass is 79.9. The number of phenolic OH excluding ortho intramolecular Hbond substituents is 1. The smallest absolute Gasteiger partial charge is 0.132 e. The van der Waals surface area contributed by atoms with Crippen molar-refractivity contribution >= 4 is 21.6 Å². The number of anilines is 1. The molecule has 0 bridgehead atoms. The maximum Gasteiger partial charge on any atom is 0.132 e. The number of hydrogen-bond donors (Lipinski definition) is 2. The van der Waals surface area contributed by atoms with Crippen LogP contribution in [0.5, 0.6) is 5.75 Å². The Morgan fingerprint density at radius 1 is 1.21 bits per heavy atom. The van der Waals surface area contributed by atoms with Crippen LogP contribution in [0, 0.1) is 12.7 Å². The van der Waals surface area contributed by atoms with Gasteiger partial charge in [-0.2, -0.15) is 0 Å². The fourth-order valence-corrected chi connectivity index (χ4v) is 2.44. The number of aryl methyl sites for hydroxylation is 1. The fourth-order valence-electron chi connectivity index (χ4n) is 1.97. The second-order valence-corrected chi connectivity index (χ2v) is 5.45. The molecule has 2 N–H and O–H groups in total. The summed E-state index contributed by atoms with van der Waals surface area (Å²) in [5.74, 6) is -0.469. The van der Waals surface area contributed by atoms with Gasteiger partial charge in [-0.15, -0.1) is 0 Å². The highest BCUT2D eigenvalue weighted by Crippen LogP contribution is 2.27. The van der Waals surface area contributed by atoms with Crippen LogP contribution in [0.1, 0.15) is 24.1 Å². The molecule has 0 aliphatic rings. The van der Waals surface area contributed by atoms with Crippen LogP contribution < -0.4 is 5.32 Å². The van der Waals surface area contributed by atoms with Crippen molar-refractivity contribution < 1.29 is 9.50 Å². The van der Waals surface area contributed by atoms with E-state index in [1.807, 2.05) is 32.0 Å². The largest absolute Gasteiger partial charge is 0.508 e. The van der Waals surface area contributed by atoms with E-state index in [9.17, 15) is 9.50 Å². The van der Waals surface area contributed by atoms with Crippen molar-refractivity contribution in [3.8, 4) is 5.75 Å². The van der Waals surface area contributed by atoms with Crippen molar-refractivity contribution in [2.75, 3.05) is 5.32 Å². The highest BCUT2D eigenvalue weighted by Gasteiger charge is 2.12. The van der Waals surface area contributed by atoms with Crippen molar-refractivity contribution in [2.24, 2.45) is 0 Å². The lowest BCUT2D eigenvalue weighted by Crippen LogP contribution is -2.09. The summed E-state index contributed by atoms with van der Waals surface area (Å²) >= 11 is 3.41. The minimum absolute atomic E-state index is 0.0618. The van der Waals surface area contributed by atoms with Crippen LogP contribution in [0.25, 0.3) is 0 Å². The molecule has 0 amide bonds. The number of phenols is 1. The third-order valence-corrected chi connectivity index (χ3v) is 3.50. The van der Waals surface area contributed by atoms with Gasteiger partial charge in [0.15, 0.2) is 0 Å². The monoisotopic (exact) mass is 323 g/mol. The van der Waals surface area contributed by atoms with Crippen LogP contribution in [-0.2, 0) is 0 Å². The van der Waals surface area contributed by atoms with E-state index in [2.05, 4.69) is 21.2 Å². The Morgan fingerprint density at radius 2 is 1.95 bits per heavy atom. The zero-order chi connectivity index (χ0) is 14.0. The first-order valence-electron chi connectivity index (χ1n) is 5.98. The summed E-state index contributed by atoms with van der Waals surface area (Å²) in [4.78, 5) is 0. The van der Waals surface area contributed by atoms with E-state index in [1.165, 1.54) is 6.07 Å². The summed E-state index contributed by atoms with van der Waals surface area (Å²) in [6.07, 6.45) is 0. The highest BCUT2D eigenvalue weighted by molar-refractivity contribution is 9.10. The lowest BCUT2D eigenvalue weighted by Gasteiger charge is -2.18. The van der Waals surface area contributed by atoms with Gasteiger partial charge in [-0.05, 0) is 43.7 Å². The Balaban J connectivity index is 2.23. The second kappa shape index (κ2) is 5.61. The van der Waals surface area contributed by atoms with Crippen molar-refractivity contribution in [1.29, 1.82) is 0 Å². The summed E-state index contributed by atoms with van der Waals surface area (Å²) in [5.41, 5.74) is 2.57. The first-order valence-corrected chi connectivity index (χ1v) is 6.78. The molecule has 2 aromatic carbocycles. The average Bonchev–Trinajstić information content (AvgIpc) is 2.32. The third-order valence-electron chi connectivity index (χ3n) is 3.01. The molecular formula is C15H15BrFNO. The Labute approximate surface area is 120 Å². The number of hydrogen-bond acceptors (Lipinski definition) is 2. The first-order chi connectivity index (χ1) is 8.97. The van der Waals surface area contributed by atoms with E-state index in [0.29, 0.717) is 5.56 Å². The van der Waals surface area contributed by atoms with E-state index in [-0.39, 0.29) is 11.8 Å². The van der Waals surface area contributed by atoms with Crippen LogP contribution in [0.15, 0.2) is 40.9 Å². The molecule has 19 heavy (non-hydrogen) atoms. The SMILES string of the molecule is Cc1cc(Br)ccc1NC(C)c1ccc(O)cc1F. The van der Waals surface area contributed by atoms with Gasteiger partial charge in [0.25, 0.3) is 0 Å². The molecule has 4 heteroatoms. The van der Waals surface area contributed by atoms with E-state index >= 15 is 0 Å². The molecule has 1 atom stereocenters. The molecule has 0 saturated heterocycles. The molecule has 0 saturated carbocycles. The number of nitrogens with one attached hydrogen (secondary N) is 1. The molecule has 2 rings (SSSR count). The average molecular weight is 324 g/mol. The second-order valence-electron chi connectivity index (χ2n) is 4.53. The zero-order valence-corrected chi connectivity index (χ0v) is 12.3. The van der Waals surface area contributed by atoms with Gasteiger partial charge in [0.1, 0.15) is 11.6 Å². The molecule has 2 aromatic rings. The topological polar surface area (TPSA) is 32.3 Å². The minimum Gasteiger partial charge on any atom is -0.508 e. The predicted molar refractivity (Wildman–Crippen MR) is 79.0 cm³/mol. The van der Waals surface area contributed by atoms with Gasteiger partial charge in [0.05, 0.1) is 6.04 Å². The molecule has 100 valence electrons. The zero-order valence-electron chi connectivity index (χ0n) is 10.7. The summed E-state index contributed by atoms with van der Waals surface area (Å²) in [6.45, 7) is 3.88. The molecule has 0 fully saturated rings. The van der Waals surface area contributed by atoms with Crippen LogP contribution in [0.4, 0.5) is 10.1 Å². The van der Waals surface area contributed by atoms with Gasteiger partial charge in [-0.3, -0.25) is 0 Å². The number of halogens is 2. The number of aromatic hydroxyl groups is 1. The molecule has 0 aromatic heterocycles. The van der Waals surface area contributed by atoms with Gasteiger partial charge >= 0.3 is 0 Å². The molecule has 0 aliphatic carbocycles. The fraction of sp³-hybridized carbons (Fsp3) is 0.200. The number of rotatable bonds is 3. The Hall–Kier alpha value is -1.55. The summed E-state index contributed by atoms with van der Waals surface area (Å²) in [5, 5.41) is 12.5. The van der Waals surface area contributed by atoms with Crippen molar-refractivity contribution in [3.63, 3.8) is 0 Å². The summed E-state index contributed by atoms with van der Waals surface area (Å²) < 4.78 is 14.8. The quantitative estimate of drug-likeness (QED) is 0.852. The van der Waals surface area contributed by atoms with Gasteiger partial charge in [0, 0.05) is 21.8 Å². The summed E-state index contributed by atoms with van der Waals surface area (Å²) in [7, 11) is 0. The molecule has 0 heterocycles. The Kier molecular flexibility index (Phi) is 4.10. The van der Waals surface area contributed by atoms with E-state index in [1.54, 1.807) is 6.07 Å². The van der Waals surface area contributed by atoms with Crippen molar-refractivity contribution in [1.82, 2.24) is 0 Å². The van der Waals surface area contributed by atoms with Crippen LogP contribution in [0.3, 0.4) is 0 Å². The van der Waals surface area contributed by atoms with E-state index < -0.39 is 5.82 Å². The molecule has 0 aliphatic heterocycles. The van der Waals surface area contributed by atoms with E-state index in [4.69, 9.17) is 0 Å². The van der Waals surface area contributed by atoms with Crippen molar-refractivity contribution in [3.05, 3.63) is 57.8 Å². The van der Waals surface area contributed by atoms with Crippen LogP contribution in [0.2, 0.25) is 0 Å².